The van der Waals surface area contributed by atoms with Crippen LogP contribution in [0.5, 0.6) is 0 Å². The average molecular weight is 712 g/mol. The Labute approximate surface area is 276 Å². The fourth-order valence-electron chi connectivity index (χ4n) is 4.70. The van der Waals surface area contributed by atoms with Crippen LogP contribution in [0.15, 0.2) is 46.8 Å². The van der Waals surface area contributed by atoms with E-state index in [1.807, 2.05) is 0 Å². The summed E-state index contributed by atoms with van der Waals surface area (Å²) in [7, 11) is -4.52. The third kappa shape index (κ3) is 8.65. The number of phosphoric acid groups is 1. The van der Waals surface area contributed by atoms with E-state index in [0.29, 0.717) is 17.9 Å². The van der Waals surface area contributed by atoms with E-state index in [9.17, 15) is 42.1 Å². The number of anilines is 1. The van der Waals surface area contributed by atoms with Gasteiger partial charge in [-0.05, 0) is 57.9 Å². The van der Waals surface area contributed by atoms with E-state index in [-0.39, 0.29) is 51.4 Å². The summed E-state index contributed by atoms with van der Waals surface area (Å²) in [6.07, 6.45) is -2.01. The zero-order valence-electron chi connectivity index (χ0n) is 26.4. The smallest absolute Gasteiger partial charge is 0.472 e. The molecule has 0 bridgehead atoms. The number of aromatic carboxylic acids is 1. The number of rotatable bonds is 11. The number of carbonyl (C=O) groups excluding carboxylic acids is 1. The van der Waals surface area contributed by atoms with Crippen LogP contribution in [-0.2, 0) is 19.8 Å². The number of thiazole rings is 1. The van der Waals surface area contributed by atoms with Crippen LogP contribution < -0.4 is 16.1 Å². The van der Waals surface area contributed by atoms with E-state index in [4.69, 9.17) is 9.05 Å². The summed E-state index contributed by atoms with van der Waals surface area (Å²) in [6.45, 7) is 8.07. The molecule has 1 unspecified atom stereocenters. The molecule has 13 nitrogen and oxygen atoms in total. The minimum absolute atomic E-state index is 0.0159. The van der Waals surface area contributed by atoms with Crippen LogP contribution in [0.25, 0.3) is 32.6 Å². The number of alkyl halides is 3. The molecule has 48 heavy (non-hydrogen) atoms. The van der Waals surface area contributed by atoms with E-state index < -0.39 is 54.3 Å². The Kier molecular flexibility index (Phi) is 10.8. The number of halogens is 3. The van der Waals surface area contributed by atoms with Crippen LogP contribution >= 0.6 is 19.2 Å². The van der Waals surface area contributed by atoms with E-state index in [1.54, 1.807) is 40.7 Å². The molecule has 4 N–H and O–H groups in total. The Balaban J connectivity index is 1.87. The number of carboxylic acids is 1. The summed E-state index contributed by atoms with van der Waals surface area (Å²) in [4.78, 5) is 56.0. The molecule has 1 aromatic carbocycles. The van der Waals surface area contributed by atoms with Gasteiger partial charge in [-0.25, -0.2) is 24.1 Å². The van der Waals surface area contributed by atoms with E-state index in [0.717, 1.165) is 11.6 Å². The van der Waals surface area contributed by atoms with E-state index in [1.165, 1.54) is 29.0 Å². The van der Waals surface area contributed by atoms with E-state index >= 15 is 0 Å². The van der Waals surface area contributed by atoms with Crippen molar-refractivity contribution in [3.8, 4) is 21.7 Å². The number of amides is 2. The second kappa shape index (κ2) is 14.1. The van der Waals surface area contributed by atoms with Gasteiger partial charge in [0.25, 0.3) is 0 Å². The molecule has 0 aliphatic carbocycles. The van der Waals surface area contributed by atoms with Crippen LogP contribution in [-0.4, -0.2) is 55.3 Å². The molecule has 0 aliphatic heterocycles. The highest BCUT2D eigenvalue weighted by Gasteiger charge is 2.34. The molecule has 0 aliphatic rings. The molecule has 3 heterocycles. The van der Waals surface area contributed by atoms with Gasteiger partial charge in [0.05, 0.1) is 23.8 Å². The third-order valence-electron chi connectivity index (χ3n) is 6.77. The molecule has 4 rings (SSSR count). The number of benzene rings is 1. The number of hydrogen-bond acceptors (Lipinski definition) is 9. The van der Waals surface area contributed by atoms with Crippen LogP contribution in [0.3, 0.4) is 0 Å². The lowest BCUT2D eigenvalue weighted by Crippen LogP contribution is -2.28. The molecule has 258 valence electrons. The molecular weight excluding hydrogens is 678 g/mol. The van der Waals surface area contributed by atoms with Crippen molar-refractivity contribution in [2.45, 2.75) is 58.9 Å². The lowest BCUT2D eigenvalue weighted by atomic mass is 9.99. The van der Waals surface area contributed by atoms with Crippen molar-refractivity contribution >= 4 is 47.9 Å². The minimum atomic E-state index is -4.71. The normalized spacial score (nSPS) is 14.0. The van der Waals surface area contributed by atoms with Crippen molar-refractivity contribution < 1.29 is 46.4 Å². The van der Waals surface area contributed by atoms with Gasteiger partial charge in [0, 0.05) is 40.8 Å². The van der Waals surface area contributed by atoms with Gasteiger partial charge in [0.1, 0.15) is 16.4 Å². The molecule has 0 saturated carbocycles. The molecule has 0 spiro atoms. The topological polar surface area (TPSA) is 182 Å². The molecule has 18 heteroatoms. The number of urea groups is 1. The van der Waals surface area contributed by atoms with Gasteiger partial charge in [0.15, 0.2) is 5.69 Å². The molecule has 2 atom stereocenters. The van der Waals surface area contributed by atoms with Gasteiger partial charge in [-0.1, -0.05) is 13.0 Å². The summed E-state index contributed by atoms with van der Waals surface area (Å²) < 4.78 is 64.8. The predicted octanol–water partition coefficient (Wildman–Crippen LogP) is 6.93. The summed E-state index contributed by atoms with van der Waals surface area (Å²) in [6, 6.07) is 4.47. The molecular formula is C30H33F3N5O8PS. The Morgan fingerprint density at radius 3 is 2.44 bits per heavy atom. The number of fused-ring (bicyclic) bond motifs is 1. The third-order valence-corrected chi connectivity index (χ3v) is 8.89. The van der Waals surface area contributed by atoms with Gasteiger partial charge < -0.3 is 19.9 Å². The number of aromatic nitrogens is 3. The molecule has 0 radical (unpaired) electrons. The second-order valence-corrected chi connectivity index (χ2v) is 13.7. The number of phosphoric ester groups is 1. The fraction of sp³-hybridized carbons (Fsp3) is 0.367. The molecule has 0 saturated heterocycles. The summed E-state index contributed by atoms with van der Waals surface area (Å²) in [5.74, 6) is -1.51. The summed E-state index contributed by atoms with van der Waals surface area (Å²) >= 11 is 0.711. The average Bonchev–Trinajstić information content (AvgIpc) is 3.48. The van der Waals surface area contributed by atoms with E-state index in [2.05, 4.69) is 20.6 Å². The highest BCUT2D eigenvalue weighted by atomic mass is 32.1. The summed E-state index contributed by atoms with van der Waals surface area (Å²) in [5, 5.41) is 15.6. The van der Waals surface area contributed by atoms with Crippen LogP contribution in [0.2, 0.25) is 0 Å². The quantitative estimate of drug-likeness (QED) is 0.119. The number of nitrogens with zero attached hydrogens (tertiary/aromatic N) is 3. The van der Waals surface area contributed by atoms with Gasteiger partial charge in [-0.3, -0.25) is 19.2 Å². The first-order valence-corrected chi connectivity index (χ1v) is 16.9. The van der Waals surface area contributed by atoms with Crippen molar-refractivity contribution in [2.75, 3.05) is 18.5 Å². The second-order valence-electron chi connectivity index (χ2n) is 11.5. The van der Waals surface area contributed by atoms with Crippen molar-refractivity contribution in [2.24, 2.45) is 0 Å². The predicted molar refractivity (Wildman–Crippen MR) is 173 cm³/mol. The van der Waals surface area contributed by atoms with Crippen molar-refractivity contribution in [1.29, 1.82) is 0 Å². The van der Waals surface area contributed by atoms with Crippen molar-refractivity contribution in [3.63, 3.8) is 0 Å². The SMILES string of the molecule is CCNC(=O)Nc1cc(-c2nc(C(F)(F)F)cs2)c(-c2ccc3c(c2)c(=O)c(C(=O)O)cn3[C@@H](CC)COP(=O)(O)OC(C)(C)C)cn1. The molecule has 4 aromatic rings. The number of hydrogen-bond donors (Lipinski definition) is 4. The van der Waals surface area contributed by atoms with Crippen LogP contribution in [0, 0.1) is 0 Å². The zero-order chi connectivity index (χ0) is 35.6. The Hall–Kier alpha value is -4.15. The lowest BCUT2D eigenvalue weighted by molar-refractivity contribution is -0.140. The Morgan fingerprint density at radius 2 is 1.85 bits per heavy atom. The van der Waals surface area contributed by atoms with Crippen LogP contribution in [0.4, 0.5) is 23.8 Å². The zero-order valence-corrected chi connectivity index (χ0v) is 28.1. The number of carboxylic acid groups (broad SMARTS) is 1. The molecule has 2 amide bonds. The first kappa shape index (κ1) is 36.7. The largest absolute Gasteiger partial charge is 0.477 e. The standard InChI is InChI=1S/C30H33F3N5O8PS/c1-6-17(14-45-47(43,44)46-29(3,4)5)38-13-21(27(40)41)25(39)19-10-16(8-9-22(19)38)20-12-35-24(37-28(42)34-7-2)11-18(20)26-36-23(15-48-26)30(31,32)33/h8-13,15,17H,6-7,14H2,1-5H3,(H,40,41)(H,43,44)(H2,34,35,37,42)/t17-/m0/s1. The molecule has 3 aromatic heterocycles. The maximum atomic E-state index is 13.5. The fourth-order valence-corrected chi connectivity index (χ4v) is 6.67. The maximum absolute atomic E-state index is 13.5. The first-order valence-electron chi connectivity index (χ1n) is 14.5. The monoisotopic (exact) mass is 711 g/mol. The maximum Gasteiger partial charge on any atom is 0.472 e. The highest BCUT2D eigenvalue weighted by Crippen LogP contribution is 2.48. The summed E-state index contributed by atoms with van der Waals surface area (Å²) in [5.41, 5.74) is -2.62. The lowest BCUT2D eigenvalue weighted by Gasteiger charge is -2.26. The molecule has 0 fully saturated rings. The number of pyridine rings is 2. The number of nitrogens with one attached hydrogen (secondary N) is 2. The minimum Gasteiger partial charge on any atom is -0.477 e. The number of carbonyl (C=O) groups is 2. The van der Waals surface area contributed by atoms with Gasteiger partial charge in [-0.2, -0.15) is 13.2 Å². The first-order chi connectivity index (χ1) is 22.3. The van der Waals surface area contributed by atoms with Gasteiger partial charge in [-0.15, -0.1) is 11.3 Å². The van der Waals surface area contributed by atoms with Gasteiger partial charge >= 0.3 is 26.0 Å². The van der Waals surface area contributed by atoms with Crippen molar-refractivity contribution in [1.82, 2.24) is 19.9 Å². The Morgan fingerprint density at radius 1 is 1.15 bits per heavy atom. The van der Waals surface area contributed by atoms with Crippen molar-refractivity contribution in [3.05, 3.63) is 63.5 Å². The van der Waals surface area contributed by atoms with Crippen LogP contribution in [0.1, 0.15) is 63.1 Å². The highest BCUT2D eigenvalue weighted by molar-refractivity contribution is 7.47. The Bertz CT molecular complexity index is 1960. The van der Waals surface area contributed by atoms with Gasteiger partial charge in [0.2, 0.25) is 5.43 Å².